The maximum atomic E-state index is 5.81. The van der Waals surface area contributed by atoms with Crippen LogP contribution in [0.1, 0.15) is 6.42 Å². The third-order valence-electron chi connectivity index (χ3n) is 1.80. The van der Waals surface area contributed by atoms with Crippen molar-refractivity contribution in [3.8, 4) is 0 Å². The summed E-state index contributed by atoms with van der Waals surface area (Å²) in [6.45, 7) is 4.41. The second-order valence-corrected chi connectivity index (χ2v) is 3.83. The monoisotopic (exact) mass is 200 g/mol. The van der Waals surface area contributed by atoms with Crippen LogP contribution in [-0.4, -0.2) is 26.4 Å². The molecular weight excluding hydrogens is 186 g/mol. The molecule has 0 amide bonds. The van der Waals surface area contributed by atoms with Crippen molar-refractivity contribution in [2.75, 3.05) is 6.61 Å². The molecule has 0 N–H and O–H groups in total. The van der Waals surface area contributed by atoms with Gasteiger partial charge in [-0.05, 0) is 0 Å². The van der Waals surface area contributed by atoms with Crippen molar-refractivity contribution < 1.29 is 13.6 Å². The molecular formula is C8H14BO3P. The van der Waals surface area contributed by atoms with Crippen LogP contribution in [0.3, 0.4) is 0 Å². The molecule has 0 radical (unpaired) electrons. The Hall–Kier alpha value is -0.145. The summed E-state index contributed by atoms with van der Waals surface area (Å²) < 4.78 is 17.2. The van der Waals surface area contributed by atoms with Gasteiger partial charge in [-0.1, -0.05) is 18.2 Å². The van der Waals surface area contributed by atoms with E-state index in [1.807, 2.05) is 12.2 Å². The maximum absolute atomic E-state index is 5.81. The number of hydrogen-bond donors (Lipinski definition) is 0. The largest absolute Gasteiger partial charge is 0.228 e. The fourth-order valence-electron chi connectivity index (χ4n) is 1.19. The maximum Gasteiger partial charge on any atom is 0.228 e. The van der Waals surface area contributed by atoms with Gasteiger partial charge in [-0.25, -0.2) is 13.6 Å². The predicted octanol–water partition coefficient (Wildman–Crippen LogP) is 0.976. The van der Waals surface area contributed by atoms with Gasteiger partial charge in [-0.3, -0.25) is 0 Å². The molecule has 1 fully saturated rings. The van der Waals surface area contributed by atoms with Gasteiger partial charge in [0.05, 0.1) is 0 Å². The van der Waals surface area contributed by atoms with E-state index in [1.54, 1.807) is 0 Å². The third kappa shape index (κ3) is 2.02. The molecule has 0 aliphatic carbocycles. The molecule has 2 heterocycles. The van der Waals surface area contributed by atoms with Gasteiger partial charge in [-0.2, -0.15) is 0 Å². The van der Waals surface area contributed by atoms with Crippen molar-refractivity contribution in [2.45, 2.75) is 18.6 Å². The van der Waals surface area contributed by atoms with E-state index in [-0.39, 0.29) is 19.8 Å². The first-order valence-electron chi connectivity index (χ1n) is 3.94. The molecule has 13 heavy (non-hydrogen) atoms. The summed E-state index contributed by atoms with van der Waals surface area (Å²) in [5.41, 5.74) is 0. The summed E-state index contributed by atoms with van der Waals surface area (Å²) in [4.78, 5) is 0. The minimum Gasteiger partial charge on any atom is -0.222 e. The van der Waals surface area contributed by atoms with Gasteiger partial charge >= 0.3 is 0 Å². The van der Waals surface area contributed by atoms with Crippen LogP contribution in [0.5, 0.6) is 0 Å². The Labute approximate surface area is 79.7 Å². The van der Waals surface area contributed by atoms with Crippen molar-refractivity contribution in [1.29, 1.82) is 0 Å². The highest BCUT2D eigenvalue weighted by Gasteiger charge is 2.42. The van der Waals surface area contributed by atoms with Crippen molar-refractivity contribution in [2.24, 2.45) is 0 Å². The van der Waals surface area contributed by atoms with Gasteiger partial charge in [0.1, 0.15) is 18.8 Å². The summed E-state index contributed by atoms with van der Waals surface area (Å²) in [7, 11) is -1.87. The second kappa shape index (κ2) is 3.54. The van der Waals surface area contributed by atoms with Crippen LogP contribution < -0.4 is 0 Å². The summed E-state index contributed by atoms with van der Waals surface area (Å²) in [5, 5.41) is 0. The smallest absolute Gasteiger partial charge is 0.222 e. The number of fused-ring (bicyclic) bond motifs is 2. The van der Waals surface area contributed by atoms with E-state index in [2.05, 4.69) is 12.7 Å². The van der Waals surface area contributed by atoms with Crippen molar-refractivity contribution in [3.63, 3.8) is 0 Å². The van der Waals surface area contributed by atoms with Crippen molar-refractivity contribution in [1.82, 2.24) is 0 Å². The van der Waals surface area contributed by atoms with Crippen LogP contribution in [-0.2, 0) is 13.6 Å². The molecule has 2 aliphatic rings. The Bertz CT molecular complexity index is 246. The minimum absolute atomic E-state index is 0.0532. The van der Waals surface area contributed by atoms with Crippen LogP contribution in [0, 0.1) is 0 Å². The zero-order valence-corrected chi connectivity index (χ0v) is 7.57. The quantitative estimate of drug-likeness (QED) is 0.358. The number of rotatable bonds is 1. The molecule has 1 unspecified atom stereocenters. The average molecular weight is 200 g/mol. The Morgan fingerprint density at radius 3 is 3.15 bits per heavy atom. The fourth-order valence-corrected chi connectivity index (χ4v) is 2.34. The molecule has 5 heteroatoms. The van der Waals surface area contributed by atoms with E-state index in [0.717, 1.165) is 6.42 Å². The second-order valence-electron chi connectivity index (χ2n) is 2.71. The first-order valence-corrected chi connectivity index (χ1v) is 5.04. The standard InChI is InChI=1S/C8H14BO3P/c1-2-7-6-8-4-3-5-10-13(9,11-7)12-8/h2-4,7-8H,1,5-6H2,9H3/t7-,8-,13?/m0/s1. The summed E-state index contributed by atoms with van der Waals surface area (Å²) in [5.74, 6) is 0. The molecule has 0 saturated carbocycles. The summed E-state index contributed by atoms with van der Waals surface area (Å²) >= 11 is 0. The summed E-state index contributed by atoms with van der Waals surface area (Å²) in [6, 6.07) is 0. The Kier molecular flexibility index (Phi) is 2.57. The van der Waals surface area contributed by atoms with E-state index in [9.17, 15) is 0 Å². The lowest BCUT2D eigenvalue weighted by Gasteiger charge is -2.34. The molecule has 2 aliphatic heterocycles. The highest BCUT2D eigenvalue weighted by atomic mass is 31.2. The third-order valence-corrected chi connectivity index (χ3v) is 3.04. The van der Waals surface area contributed by atoms with Crippen LogP contribution >= 0.6 is 7.82 Å². The molecule has 2 bridgehead atoms. The van der Waals surface area contributed by atoms with Crippen molar-refractivity contribution in [3.05, 3.63) is 24.8 Å². The first kappa shape index (κ1) is 9.41. The fraction of sp³-hybridized carbons (Fsp3) is 0.500. The lowest BCUT2D eigenvalue weighted by atomic mass is 10.1. The van der Waals surface area contributed by atoms with Crippen molar-refractivity contribution >= 4 is 15.4 Å². The van der Waals surface area contributed by atoms with E-state index in [1.165, 1.54) is 0 Å². The molecule has 0 aromatic rings. The van der Waals surface area contributed by atoms with Crippen LogP contribution in [0.25, 0.3) is 0 Å². The Balaban J connectivity index is 2.17. The normalized spacial score (nSPS) is 44.1. The van der Waals surface area contributed by atoms with E-state index < -0.39 is 7.82 Å². The Morgan fingerprint density at radius 1 is 1.54 bits per heavy atom. The van der Waals surface area contributed by atoms with Gasteiger partial charge in [-0.15, -0.1) is 6.58 Å². The number of hydrogen-bond acceptors (Lipinski definition) is 3. The van der Waals surface area contributed by atoms with Gasteiger partial charge in [0.15, 0.2) is 0 Å². The SMILES string of the molecule is [BH3-][P+]12OCC=C[C@@H](C[C@H](C=C)O1)O2. The zero-order valence-electron chi connectivity index (χ0n) is 6.68. The first-order chi connectivity index (χ1) is 6.22. The molecule has 0 aromatic heterocycles. The van der Waals surface area contributed by atoms with Gasteiger partial charge in [0.2, 0.25) is 15.4 Å². The van der Waals surface area contributed by atoms with Gasteiger partial charge in [0, 0.05) is 6.42 Å². The minimum atomic E-state index is -1.81. The molecule has 0 aromatic carbocycles. The average Bonchev–Trinajstić information content (AvgIpc) is 2.23. The topological polar surface area (TPSA) is 27.7 Å². The molecule has 3 nitrogen and oxygen atoms in total. The zero-order chi connectivity index (χ0) is 9.31. The highest BCUT2D eigenvalue weighted by Crippen LogP contribution is 2.63. The highest BCUT2D eigenvalue weighted by molar-refractivity contribution is 7.85. The summed E-state index contributed by atoms with van der Waals surface area (Å²) in [6.07, 6.45) is 7.19. The molecule has 1 saturated heterocycles. The van der Waals surface area contributed by atoms with Crippen LogP contribution in [0.4, 0.5) is 0 Å². The molecule has 3 atom stereocenters. The van der Waals surface area contributed by atoms with Gasteiger partial charge in [0.25, 0.3) is 0 Å². The Morgan fingerprint density at radius 2 is 2.38 bits per heavy atom. The predicted molar refractivity (Wildman–Crippen MR) is 56.5 cm³/mol. The van der Waals surface area contributed by atoms with E-state index in [4.69, 9.17) is 13.6 Å². The van der Waals surface area contributed by atoms with Crippen LogP contribution in [0.2, 0.25) is 0 Å². The lowest BCUT2D eigenvalue weighted by molar-refractivity contribution is 0.0578. The lowest BCUT2D eigenvalue weighted by Crippen LogP contribution is -2.28. The molecule has 72 valence electrons. The van der Waals surface area contributed by atoms with E-state index in [0.29, 0.717) is 6.61 Å². The van der Waals surface area contributed by atoms with E-state index >= 15 is 0 Å². The molecule has 2 rings (SSSR count). The van der Waals surface area contributed by atoms with Crippen LogP contribution in [0.15, 0.2) is 24.8 Å². The van der Waals surface area contributed by atoms with Gasteiger partial charge < -0.3 is 0 Å². The molecule has 0 spiro atoms.